The zero-order valence-corrected chi connectivity index (χ0v) is 14.9. The van der Waals surface area contributed by atoms with Gasteiger partial charge < -0.3 is 5.32 Å². The SMILES string of the molecule is Cc1c(-c2ccccc2)sc2ncn(CC(=O)N3CCNC3=O)c(=O)c12. The maximum atomic E-state index is 12.9. The molecular weight excluding hydrogens is 352 g/mol. The molecule has 4 rings (SSSR count). The van der Waals surface area contributed by atoms with Crippen molar-refractivity contribution in [3.05, 3.63) is 52.6 Å². The third kappa shape index (κ3) is 2.68. The second-order valence-electron chi connectivity index (χ2n) is 6.06. The lowest BCUT2D eigenvalue weighted by Crippen LogP contribution is -2.38. The Bertz CT molecular complexity index is 1070. The van der Waals surface area contributed by atoms with Gasteiger partial charge in [-0.2, -0.15) is 0 Å². The van der Waals surface area contributed by atoms with Crippen molar-refractivity contribution in [2.24, 2.45) is 0 Å². The van der Waals surface area contributed by atoms with Gasteiger partial charge in [0.15, 0.2) is 0 Å². The summed E-state index contributed by atoms with van der Waals surface area (Å²) in [6.07, 6.45) is 1.38. The number of aromatic nitrogens is 2. The minimum atomic E-state index is -0.421. The molecule has 0 bridgehead atoms. The fourth-order valence-corrected chi connectivity index (χ4v) is 4.22. The highest BCUT2D eigenvalue weighted by molar-refractivity contribution is 7.22. The highest BCUT2D eigenvalue weighted by atomic mass is 32.1. The van der Waals surface area contributed by atoms with Crippen molar-refractivity contribution in [2.75, 3.05) is 13.1 Å². The number of rotatable bonds is 3. The monoisotopic (exact) mass is 368 g/mol. The molecule has 0 saturated carbocycles. The van der Waals surface area contributed by atoms with Gasteiger partial charge in [0.2, 0.25) is 0 Å². The smallest absolute Gasteiger partial charge is 0.324 e. The van der Waals surface area contributed by atoms with Gasteiger partial charge in [0.05, 0.1) is 11.7 Å². The first-order valence-electron chi connectivity index (χ1n) is 8.18. The van der Waals surface area contributed by atoms with E-state index in [0.29, 0.717) is 23.3 Å². The van der Waals surface area contributed by atoms with Crippen LogP contribution in [0.25, 0.3) is 20.7 Å². The lowest BCUT2D eigenvalue weighted by molar-refractivity contribution is -0.128. The number of urea groups is 1. The van der Waals surface area contributed by atoms with Crippen molar-refractivity contribution in [2.45, 2.75) is 13.5 Å². The quantitative estimate of drug-likeness (QED) is 0.766. The Morgan fingerprint density at radius 2 is 2.04 bits per heavy atom. The minimum Gasteiger partial charge on any atom is -0.336 e. The molecule has 0 atom stereocenters. The molecular formula is C18H16N4O3S. The Morgan fingerprint density at radius 1 is 1.27 bits per heavy atom. The molecule has 1 N–H and O–H groups in total. The van der Waals surface area contributed by atoms with E-state index in [0.717, 1.165) is 20.9 Å². The standard InChI is InChI=1S/C18H16N4O3S/c1-11-14-16(26-15(11)12-5-3-2-4-6-12)20-10-21(17(14)24)9-13(23)22-8-7-19-18(22)25/h2-6,10H,7-9H2,1H3,(H,19,25). The van der Waals surface area contributed by atoms with Crippen LogP contribution >= 0.6 is 11.3 Å². The minimum absolute atomic E-state index is 0.203. The fourth-order valence-electron chi connectivity index (χ4n) is 3.08. The van der Waals surface area contributed by atoms with E-state index in [-0.39, 0.29) is 12.1 Å². The highest BCUT2D eigenvalue weighted by Gasteiger charge is 2.26. The Morgan fingerprint density at radius 3 is 2.73 bits per heavy atom. The van der Waals surface area contributed by atoms with Gasteiger partial charge in [-0.05, 0) is 18.1 Å². The normalized spacial score (nSPS) is 14.0. The molecule has 132 valence electrons. The number of imide groups is 1. The summed E-state index contributed by atoms with van der Waals surface area (Å²) < 4.78 is 1.27. The molecule has 1 fully saturated rings. The first-order chi connectivity index (χ1) is 12.6. The summed E-state index contributed by atoms with van der Waals surface area (Å²) >= 11 is 1.46. The van der Waals surface area contributed by atoms with Gasteiger partial charge in [0.25, 0.3) is 11.5 Å². The molecule has 0 spiro atoms. The molecule has 8 heteroatoms. The lowest BCUT2D eigenvalue weighted by atomic mass is 10.1. The van der Waals surface area contributed by atoms with Crippen LogP contribution in [-0.2, 0) is 11.3 Å². The van der Waals surface area contributed by atoms with Gasteiger partial charge in [-0.3, -0.25) is 19.1 Å². The molecule has 0 unspecified atom stereocenters. The van der Waals surface area contributed by atoms with Crippen LogP contribution in [0, 0.1) is 6.92 Å². The summed E-state index contributed by atoms with van der Waals surface area (Å²) in [6.45, 7) is 2.44. The Kier molecular flexibility index (Phi) is 4.04. The molecule has 3 aromatic rings. The lowest BCUT2D eigenvalue weighted by Gasteiger charge is -2.12. The Labute approximate surface area is 152 Å². The van der Waals surface area contributed by atoms with Crippen molar-refractivity contribution >= 4 is 33.5 Å². The van der Waals surface area contributed by atoms with Gasteiger partial charge >= 0.3 is 6.03 Å². The molecule has 2 aromatic heterocycles. The van der Waals surface area contributed by atoms with E-state index >= 15 is 0 Å². The highest BCUT2D eigenvalue weighted by Crippen LogP contribution is 2.35. The largest absolute Gasteiger partial charge is 0.336 e. The first-order valence-corrected chi connectivity index (χ1v) is 9.00. The first kappa shape index (κ1) is 16.5. The Balaban J connectivity index is 1.73. The molecule has 1 aliphatic heterocycles. The van der Waals surface area contributed by atoms with E-state index in [4.69, 9.17) is 0 Å². The summed E-state index contributed by atoms with van der Waals surface area (Å²) in [4.78, 5) is 43.9. The van der Waals surface area contributed by atoms with E-state index < -0.39 is 11.9 Å². The van der Waals surface area contributed by atoms with Gasteiger partial charge in [-0.1, -0.05) is 30.3 Å². The predicted molar refractivity (Wildman–Crippen MR) is 99.2 cm³/mol. The fraction of sp³-hybridized carbons (Fsp3) is 0.222. The second kappa shape index (κ2) is 6.38. The number of nitrogens with one attached hydrogen (secondary N) is 1. The number of amides is 3. The molecule has 0 radical (unpaired) electrons. The molecule has 1 aliphatic rings. The number of fused-ring (bicyclic) bond motifs is 1. The third-order valence-electron chi connectivity index (χ3n) is 4.42. The van der Waals surface area contributed by atoms with Gasteiger partial charge in [0.1, 0.15) is 11.4 Å². The van der Waals surface area contributed by atoms with Crippen LogP contribution in [0.3, 0.4) is 0 Å². The summed E-state index contributed by atoms with van der Waals surface area (Å²) in [5, 5.41) is 3.10. The average Bonchev–Trinajstić information content (AvgIpc) is 3.22. The van der Waals surface area contributed by atoms with E-state index in [9.17, 15) is 14.4 Å². The van der Waals surface area contributed by atoms with Crippen molar-refractivity contribution < 1.29 is 9.59 Å². The van der Waals surface area contributed by atoms with E-state index in [1.54, 1.807) is 0 Å². The number of nitrogens with zero attached hydrogens (tertiary/aromatic N) is 3. The Hall–Kier alpha value is -3.00. The van der Waals surface area contributed by atoms with Crippen molar-refractivity contribution in [3.8, 4) is 10.4 Å². The van der Waals surface area contributed by atoms with E-state index in [1.165, 1.54) is 22.2 Å². The molecule has 1 saturated heterocycles. The maximum Gasteiger partial charge on any atom is 0.324 e. The van der Waals surface area contributed by atoms with Crippen LogP contribution in [-0.4, -0.2) is 39.5 Å². The van der Waals surface area contributed by atoms with Gasteiger partial charge in [-0.15, -0.1) is 11.3 Å². The zero-order valence-electron chi connectivity index (χ0n) is 14.1. The molecule has 26 heavy (non-hydrogen) atoms. The molecule has 3 heterocycles. The van der Waals surface area contributed by atoms with Crippen LogP contribution in [0.5, 0.6) is 0 Å². The number of thiophene rings is 1. The number of aryl methyl sites for hydroxylation is 1. The maximum absolute atomic E-state index is 12.9. The van der Waals surface area contributed by atoms with Crippen molar-refractivity contribution in [3.63, 3.8) is 0 Å². The van der Waals surface area contributed by atoms with Gasteiger partial charge in [0, 0.05) is 18.0 Å². The van der Waals surface area contributed by atoms with Gasteiger partial charge in [-0.25, -0.2) is 9.78 Å². The van der Waals surface area contributed by atoms with Crippen LogP contribution in [0.2, 0.25) is 0 Å². The zero-order chi connectivity index (χ0) is 18.3. The number of hydrogen-bond donors (Lipinski definition) is 1. The van der Waals surface area contributed by atoms with E-state index in [2.05, 4.69) is 10.3 Å². The molecule has 7 nitrogen and oxygen atoms in total. The summed E-state index contributed by atoms with van der Waals surface area (Å²) in [6, 6.07) is 9.40. The molecule has 0 aliphatic carbocycles. The summed E-state index contributed by atoms with van der Waals surface area (Å²) in [5.74, 6) is -0.417. The summed E-state index contributed by atoms with van der Waals surface area (Å²) in [5.41, 5.74) is 1.62. The van der Waals surface area contributed by atoms with Crippen molar-refractivity contribution in [1.82, 2.24) is 19.8 Å². The second-order valence-corrected chi connectivity index (χ2v) is 7.06. The predicted octanol–water partition coefficient (Wildman–Crippen LogP) is 1.99. The van der Waals surface area contributed by atoms with Crippen LogP contribution in [0.1, 0.15) is 5.56 Å². The molecule has 3 amide bonds. The van der Waals surface area contributed by atoms with Crippen LogP contribution < -0.4 is 10.9 Å². The topological polar surface area (TPSA) is 84.3 Å². The number of benzene rings is 1. The third-order valence-corrected chi connectivity index (χ3v) is 5.67. The van der Waals surface area contributed by atoms with Crippen molar-refractivity contribution in [1.29, 1.82) is 0 Å². The summed E-state index contributed by atoms with van der Waals surface area (Å²) in [7, 11) is 0. The van der Waals surface area contributed by atoms with Crippen LogP contribution in [0.15, 0.2) is 41.5 Å². The average molecular weight is 368 g/mol. The molecule has 1 aromatic carbocycles. The number of carbonyl (C=O) groups excluding carboxylic acids is 2. The number of carbonyl (C=O) groups is 2. The number of hydrogen-bond acceptors (Lipinski definition) is 5. The van der Waals surface area contributed by atoms with E-state index in [1.807, 2.05) is 37.3 Å². The van der Waals surface area contributed by atoms with Crippen LogP contribution in [0.4, 0.5) is 4.79 Å².